The minimum absolute atomic E-state index is 0.0143. The van der Waals surface area contributed by atoms with Crippen LogP contribution in [0.3, 0.4) is 0 Å². The predicted molar refractivity (Wildman–Crippen MR) is 205 cm³/mol. The molecule has 0 aromatic rings. The van der Waals surface area contributed by atoms with Gasteiger partial charge in [0.15, 0.2) is 24.7 Å². The van der Waals surface area contributed by atoms with Crippen molar-refractivity contribution in [2.24, 2.45) is 46.3 Å². The van der Waals surface area contributed by atoms with E-state index in [1.807, 2.05) is 6.92 Å². The van der Waals surface area contributed by atoms with Crippen molar-refractivity contribution >= 4 is 0 Å². The summed E-state index contributed by atoms with van der Waals surface area (Å²) in [6, 6.07) is 0. The molecule has 0 radical (unpaired) electrons. The van der Waals surface area contributed by atoms with Crippen LogP contribution in [0.5, 0.6) is 0 Å². The highest BCUT2D eigenvalue weighted by Gasteiger charge is 2.70. The van der Waals surface area contributed by atoms with Gasteiger partial charge in [-0.05, 0) is 68.1 Å². The van der Waals surface area contributed by atoms with Gasteiger partial charge in [0, 0.05) is 30.1 Å². The maximum atomic E-state index is 11.4. The predicted octanol–water partition coefficient (Wildman–Crippen LogP) is -0.566. The molecule has 0 aromatic heterocycles. The summed E-state index contributed by atoms with van der Waals surface area (Å²) >= 11 is 0. The average Bonchev–Trinajstić information content (AvgIpc) is 3.65. The van der Waals surface area contributed by atoms with Crippen molar-refractivity contribution in [1.29, 1.82) is 0 Å². The van der Waals surface area contributed by atoms with E-state index in [1.165, 1.54) is 6.92 Å². The third-order valence-corrected chi connectivity index (χ3v) is 17.1. The number of allylic oxidation sites excluding steroid dienone is 1. The van der Waals surface area contributed by atoms with E-state index in [4.69, 9.17) is 37.9 Å². The molecule has 5 aliphatic heterocycles. The summed E-state index contributed by atoms with van der Waals surface area (Å²) in [5.74, 6) is 0.476. The molecule has 1 spiro atoms. The fourth-order valence-electron chi connectivity index (χ4n) is 13.6. The Bertz CT molecular complexity index is 1590. The average molecular weight is 857 g/mol. The van der Waals surface area contributed by atoms with Crippen molar-refractivity contribution in [2.45, 2.75) is 190 Å². The molecule has 9 N–H and O–H groups in total. The molecule has 342 valence electrons. The van der Waals surface area contributed by atoms with Crippen LogP contribution in [-0.4, -0.2) is 176 Å². The Balaban J connectivity index is 0.991. The highest BCUT2D eigenvalue weighted by molar-refractivity contribution is 5.29. The van der Waals surface area contributed by atoms with Crippen LogP contribution in [0, 0.1) is 46.3 Å². The Labute approximate surface area is 350 Å². The van der Waals surface area contributed by atoms with Crippen molar-refractivity contribution in [3.63, 3.8) is 0 Å². The Morgan fingerprint density at radius 2 is 1.40 bits per heavy atom. The molecule has 26 atom stereocenters. The normalized spacial score (nSPS) is 59.2. The second-order valence-electron chi connectivity index (χ2n) is 20.4. The van der Waals surface area contributed by atoms with Gasteiger partial charge >= 0.3 is 0 Å². The van der Waals surface area contributed by atoms with Crippen molar-refractivity contribution in [3.05, 3.63) is 11.6 Å². The third kappa shape index (κ3) is 7.00. The zero-order chi connectivity index (χ0) is 42.8. The first-order valence-corrected chi connectivity index (χ1v) is 22.4. The van der Waals surface area contributed by atoms with Gasteiger partial charge in [-0.2, -0.15) is 0 Å². The molecule has 17 heteroatoms. The van der Waals surface area contributed by atoms with Gasteiger partial charge in [-0.1, -0.05) is 39.3 Å². The molecule has 0 bridgehead atoms. The number of rotatable bonds is 6. The summed E-state index contributed by atoms with van der Waals surface area (Å²) in [5, 5.41) is 97.1. The van der Waals surface area contributed by atoms with Crippen LogP contribution in [0.2, 0.25) is 0 Å². The van der Waals surface area contributed by atoms with Crippen LogP contribution in [0.1, 0.15) is 79.6 Å². The van der Waals surface area contributed by atoms with Crippen molar-refractivity contribution in [1.82, 2.24) is 0 Å². The molecule has 5 saturated heterocycles. The fourth-order valence-corrected chi connectivity index (χ4v) is 13.6. The number of hydrogen-bond donors (Lipinski definition) is 9. The molecular weight excluding hydrogens is 788 g/mol. The van der Waals surface area contributed by atoms with E-state index < -0.39 is 109 Å². The monoisotopic (exact) mass is 856 g/mol. The highest BCUT2D eigenvalue weighted by Crippen LogP contribution is 2.71. The van der Waals surface area contributed by atoms with Crippen molar-refractivity contribution in [2.75, 3.05) is 19.8 Å². The Hall–Kier alpha value is -0.940. The molecule has 9 rings (SSSR count). The molecule has 0 amide bonds. The maximum Gasteiger partial charge on any atom is 0.187 e. The number of ether oxygens (including phenoxy) is 8. The number of hydrogen-bond acceptors (Lipinski definition) is 17. The van der Waals surface area contributed by atoms with Crippen molar-refractivity contribution in [3.8, 4) is 0 Å². The topological polar surface area (TPSA) is 256 Å². The number of aliphatic hydroxyl groups is 9. The molecule has 0 aromatic carbocycles. The molecule has 3 saturated carbocycles. The summed E-state index contributed by atoms with van der Waals surface area (Å²) in [7, 11) is 0. The highest BCUT2D eigenvalue weighted by atomic mass is 16.8. The lowest BCUT2D eigenvalue weighted by atomic mass is 9.46. The molecule has 5 heterocycles. The van der Waals surface area contributed by atoms with E-state index in [2.05, 4.69) is 26.8 Å². The summed E-state index contributed by atoms with van der Waals surface area (Å²) in [5.41, 5.74) is 0.539. The van der Waals surface area contributed by atoms with E-state index >= 15 is 0 Å². The van der Waals surface area contributed by atoms with E-state index in [-0.39, 0.29) is 54.8 Å². The van der Waals surface area contributed by atoms with E-state index in [0.29, 0.717) is 31.3 Å². The minimum atomic E-state index is -1.73. The van der Waals surface area contributed by atoms with Gasteiger partial charge in [-0.25, -0.2) is 0 Å². The zero-order valence-corrected chi connectivity index (χ0v) is 35.2. The first kappa shape index (κ1) is 44.3. The molecule has 17 nitrogen and oxygen atoms in total. The number of aliphatic hydroxyl groups excluding tert-OH is 9. The summed E-state index contributed by atoms with van der Waals surface area (Å²) in [4.78, 5) is 0. The van der Waals surface area contributed by atoms with Crippen LogP contribution in [0.15, 0.2) is 11.6 Å². The maximum absolute atomic E-state index is 11.4. The van der Waals surface area contributed by atoms with Crippen LogP contribution in [0.25, 0.3) is 0 Å². The largest absolute Gasteiger partial charge is 0.393 e. The lowest BCUT2D eigenvalue weighted by Crippen LogP contribution is -2.65. The Kier molecular flexibility index (Phi) is 11.9. The molecule has 4 aliphatic carbocycles. The summed E-state index contributed by atoms with van der Waals surface area (Å²) in [6.07, 6.45) is -13.6. The zero-order valence-electron chi connectivity index (χ0n) is 35.2. The number of fused-ring (bicyclic) bond motifs is 7. The first-order chi connectivity index (χ1) is 28.4. The smallest absolute Gasteiger partial charge is 0.187 e. The van der Waals surface area contributed by atoms with Gasteiger partial charge in [0.05, 0.1) is 50.3 Å². The van der Waals surface area contributed by atoms with Gasteiger partial charge in [0.1, 0.15) is 54.9 Å². The summed E-state index contributed by atoms with van der Waals surface area (Å²) < 4.78 is 50.4. The molecular formula is C43H68O17. The lowest BCUT2D eigenvalue weighted by Gasteiger charge is -2.60. The second kappa shape index (κ2) is 16.2. The van der Waals surface area contributed by atoms with Gasteiger partial charge in [-0.15, -0.1) is 0 Å². The third-order valence-electron chi connectivity index (χ3n) is 17.1. The van der Waals surface area contributed by atoms with Gasteiger partial charge in [0.25, 0.3) is 0 Å². The van der Waals surface area contributed by atoms with Gasteiger partial charge < -0.3 is 83.9 Å². The minimum Gasteiger partial charge on any atom is -0.393 e. The van der Waals surface area contributed by atoms with Crippen molar-refractivity contribution < 1.29 is 83.9 Å². The van der Waals surface area contributed by atoms with Crippen LogP contribution in [-0.2, 0) is 37.9 Å². The second-order valence-corrected chi connectivity index (χ2v) is 20.4. The Morgan fingerprint density at radius 1 is 0.700 bits per heavy atom. The quantitative estimate of drug-likeness (QED) is 0.152. The van der Waals surface area contributed by atoms with E-state index in [1.54, 1.807) is 0 Å². The molecule has 0 unspecified atom stereocenters. The van der Waals surface area contributed by atoms with Crippen LogP contribution in [0.4, 0.5) is 0 Å². The molecule has 9 aliphatic rings. The van der Waals surface area contributed by atoms with E-state index in [9.17, 15) is 46.0 Å². The van der Waals surface area contributed by atoms with Crippen LogP contribution >= 0.6 is 0 Å². The Morgan fingerprint density at radius 3 is 2.15 bits per heavy atom. The SMILES string of the molecule is C[C@@H]1O[C@@H](O[C@H]2[C@H](O[C@@H]3C[C@H](O)CC4=CC[C@H]5[C@@H]6C[C@@H]7O[C@]8(C[C@H](O)[C@@H](C)CO8)[C@@H](C)[C@@H]7[C@@]6(C)CC[C@@H]5[C@]43C)OC[C@H](O)[C@@H]2O[C@@H]2OC[C@@H](O)[C@H](O)[C@H]2O)[C@H](O)[C@H](O)[C@H]1O. The molecule has 8 fully saturated rings. The van der Waals surface area contributed by atoms with E-state index in [0.717, 1.165) is 31.3 Å². The van der Waals surface area contributed by atoms with Crippen LogP contribution < -0.4 is 0 Å². The standard InChI is InChI=1S/C43H68O17/c1-17-14-55-43(13-25(17)45)18(2)30-28(60-43)12-24-22-7-6-20-10-21(44)11-29(42(20,5)23(22)8-9-41(24,30)4)57-40-37(59-39-35(52)33(50)31(48)19(3)56-39)36(27(47)16-54-40)58-38-34(51)32(49)26(46)15-53-38/h6,17-19,21-40,44-52H,7-16H2,1-5H3/t17-,18-,19-,21+,22+,23-,24-,25-,26+,27-,28-,29+,30-,31-,32-,33+,34+,35+,36-,37+,38-,39-,40-,41-,42-,43+/m0/s1. The molecule has 60 heavy (non-hydrogen) atoms. The summed E-state index contributed by atoms with van der Waals surface area (Å²) in [6.45, 7) is 10.2. The fraction of sp³-hybridized carbons (Fsp3) is 0.953. The van der Waals surface area contributed by atoms with Gasteiger partial charge in [-0.3, -0.25) is 0 Å². The lowest BCUT2D eigenvalue weighted by molar-refractivity contribution is -0.382. The first-order valence-electron chi connectivity index (χ1n) is 22.4. The van der Waals surface area contributed by atoms with Gasteiger partial charge in [0.2, 0.25) is 0 Å².